The maximum atomic E-state index is 5.49. The molecular weight excluding hydrogens is 216 g/mol. The van der Waals surface area contributed by atoms with E-state index in [1.54, 1.807) is 19.2 Å². The average Bonchev–Trinajstić information content (AvgIpc) is 2.65. The summed E-state index contributed by atoms with van der Waals surface area (Å²) in [6.45, 7) is 0. The van der Waals surface area contributed by atoms with Crippen molar-refractivity contribution < 1.29 is 4.74 Å². The summed E-state index contributed by atoms with van der Waals surface area (Å²) in [4.78, 5) is 4.23. The zero-order valence-corrected chi connectivity index (χ0v) is 8.91. The molecule has 2 aromatic rings. The van der Waals surface area contributed by atoms with Crippen molar-refractivity contribution in [3.8, 4) is 17.3 Å². The zero-order valence-electron chi connectivity index (χ0n) is 8.10. The van der Waals surface area contributed by atoms with Gasteiger partial charge in [0.25, 0.3) is 0 Å². The van der Waals surface area contributed by atoms with Gasteiger partial charge in [-0.3, -0.25) is 5.10 Å². The predicted octanol–water partition coefficient (Wildman–Crippen LogP) is 1.48. The van der Waals surface area contributed by atoms with E-state index in [4.69, 9.17) is 10.5 Å². The number of methoxy groups -OCH3 is 1. The van der Waals surface area contributed by atoms with E-state index >= 15 is 0 Å². The number of H-pyrrole nitrogens is 1. The third-order valence-corrected chi connectivity index (χ3v) is 1.81. The lowest BCUT2D eigenvalue weighted by atomic mass is 10.3. The Labute approximate surface area is 93.1 Å². The summed E-state index contributed by atoms with van der Waals surface area (Å²) in [6, 6.07) is 7.22. The molecule has 0 aliphatic rings. The molecule has 0 aliphatic heterocycles. The number of halogens is 1. The summed E-state index contributed by atoms with van der Waals surface area (Å²) >= 11 is 0. The van der Waals surface area contributed by atoms with Crippen molar-refractivity contribution in [3.63, 3.8) is 0 Å². The summed E-state index contributed by atoms with van der Waals surface area (Å²) in [7, 11) is 1.58. The van der Waals surface area contributed by atoms with Gasteiger partial charge in [0.2, 0.25) is 5.88 Å². The smallest absolute Gasteiger partial charge is 0.213 e. The fraction of sp³-hybridized carbons (Fsp3) is 0.111. The number of aromatic amines is 1. The van der Waals surface area contributed by atoms with E-state index in [1.807, 2.05) is 12.1 Å². The first-order chi connectivity index (χ1) is 6.79. The van der Waals surface area contributed by atoms with E-state index in [9.17, 15) is 0 Å². The third-order valence-electron chi connectivity index (χ3n) is 1.81. The third kappa shape index (κ3) is 2.38. The SMILES string of the molecule is COc1cccc(-c2cc(N)n[nH]2)n1.Cl. The van der Waals surface area contributed by atoms with E-state index < -0.39 is 0 Å². The van der Waals surface area contributed by atoms with Crippen LogP contribution < -0.4 is 10.5 Å². The van der Waals surface area contributed by atoms with Gasteiger partial charge in [-0.15, -0.1) is 12.4 Å². The van der Waals surface area contributed by atoms with Crippen LogP contribution in [0.2, 0.25) is 0 Å². The number of pyridine rings is 1. The lowest BCUT2D eigenvalue weighted by molar-refractivity contribution is 0.398. The molecule has 0 aliphatic carbocycles. The molecule has 3 N–H and O–H groups in total. The minimum atomic E-state index is 0. The van der Waals surface area contributed by atoms with Gasteiger partial charge in [-0.05, 0) is 6.07 Å². The maximum Gasteiger partial charge on any atom is 0.213 e. The van der Waals surface area contributed by atoms with E-state index in [0.717, 1.165) is 11.4 Å². The highest BCUT2D eigenvalue weighted by molar-refractivity contribution is 5.85. The first kappa shape index (κ1) is 11.3. The van der Waals surface area contributed by atoms with Gasteiger partial charge < -0.3 is 10.5 Å². The monoisotopic (exact) mass is 226 g/mol. The zero-order chi connectivity index (χ0) is 9.97. The number of anilines is 1. The molecule has 2 rings (SSSR count). The van der Waals surface area contributed by atoms with Gasteiger partial charge in [0.15, 0.2) is 0 Å². The van der Waals surface area contributed by atoms with Gasteiger partial charge in [0.05, 0.1) is 18.5 Å². The molecular formula is C9H11ClN4O. The molecule has 6 heteroatoms. The Morgan fingerprint density at radius 1 is 1.40 bits per heavy atom. The molecule has 80 valence electrons. The Morgan fingerprint density at radius 3 is 2.80 bits per heavy atom. The maximum absolute atomic E-state index is 5.49. The van der Waals surface area contributed by atoms with Crippen LogP contribution >= 0.6 is 12.4 Å². The highest BCUT2D eigenvalue weighted by Gasteiger charge is 2.03. The Hall–Kier alpha value is -1.75. The molecule has 0 fully saturated rings. The molecule has 0 bridgehead atoms. The standard InChI is InChI=1S/C9H10N4O.ClH/c1-14-9-4-2-3-6(11-9)7-5-8(10)13-12-7;/h2-5H,1H3,(H3,10,12,13);1H. The fourth-order valence-corrected chi connectivity index (χ4v) is 1.15. The van der Waals surface area contributed by atoms with Crippen LogP contribution in [-0.2, 0) is 0 Å². The normalized spacial score (nSPS) is 9.40. The molecule has 0 aromatic carbocycles. The molecule has 0 saturated carbocycles. The Morgan fingerprint density at radius 2 is 2.20 bits per heavy atom. The first-order valence-corrected chi connectivity index (χ1v) is 4.12. The van der Waals surface area contributed by atoms with Gasteiger partial charge >= 0.3 is 0 Å². The van der Waals surface area contributed by atoms with Crippen LogP contribution in [0.5, 0.6) is 5.88 Å². The van der Waals surface area contributed by atoms with Crippen LogP contribution in [0.15, 0.2) is 24.3 Å². The van der Waals surface area contributed by atoms with Crippen molar-refractivity contribution in [3.05, 3.63) is 24.3 Å². The van der Waals surface area contributed by atoms with E-state index in [1.165, 1.54) is 0 Å². The quantitative estimate of drug-likeness (QED) is 0.813. The lowest BCUT2D eigenvalue weighted by Crippen LogP contribution is -1.89. The van der Waals surface area contributed by atoms with Crippen LogP contribution in [0.1, 0.15) is 0 Å². The van der Waals surface area contributed by atoms with Gasteiger partial charge in [-0.2, -0.15) is 5.10 Å². The van der Waals surface area contributed by atoms with Crippen molar-refractivity contribution >= 4 is 18.2 Å². The average molecular weight is 227 g/mol. The van der Waals surface area contributed by atoms with Crippen LogP contribution in [-0.4, -0.2) is 22.3 Å². The molecule has 5 nitrogen and oxygen atoms in total. The highest BCUT2D eigenvalue weighted by atomic mass is 35.5. The van der Waals surface area contributed by atoms with E-state index in [0.29, 0.717) is 11.7 Å². The number of ether oxygens (including phenoxy) is 1. The molecule has 2 heterocycles. The van der Waals surface area contributed by atoms with Crippen molar-refractivity contribution in [2.45, 2.75) is 0 Å². The number of nitrogen functional groups attached to an aromatic ring is 1. The number of nitrogens with two attached hydrogens (primary N) is 1. The second-order valence-corrected chi connectivity index (χ2v) is 2.77. The highest BCUT2D eigenvalue weighted by Crippen LogP contribution is 2.18. The molecule has 0 unspecified atom stereocenters. The predicted molar refractivity (Wildman–Crippen MR) is 60.0 cm³/mol. The number of aromatic nitrogens is 3. The second kappa shape index (κ2) is 4.65. The summed E-state index contributed by atoms with van der Waals surface area (Å²) in [5.74, 6) is 1.01. The Kier molecular flexibility index (Phi) is 3.51. The summed E-state index contributed by atoms with van der Waals surface area (Å²) in [5, 5.41) is 6.60. The van der Waals surface area contributed by atoms with Gasteiger partial charge in [0, 0.05) is 12.1 Å². The number of hydrogen-bond acceptors (Lipinski definition) is 4. The Balaban J connectivity index is 0.00000112. The van der Waals surface area contributed by atoms with Crippen molar-refractivity contribution in [1.82, 2.24) is 15.2 Å². The van der Waals surface area contributed by atoms with Crippen molar-refractivity contribution in [2.75, 3.05) is 12.8 Å². The minimum absolute atomic E-state index is 0. The second-order valence-electron chi connectivity index (χ2n) is 2.77. The number of nitrogens with zero attached hydrogens (tertiary/aromatic N) is 2. The molecule has 0 radical (unpaired) electrons. The first-order valence-electron chi connectivity index (χ1n) is 4.12. The van der Waals surface area contributed by atoms with Crippen LogP contribution in [0.4, 0.5) is 5.82 Å². The molecule has 15 heavy (non-hydrogen) atoms. The fourth-order valence-electron chi connectivity index (χ4n) is 1.15. The number of rotatable bonds is 2. The molecule has 0 spiro atoms. The lowest BCUT2D eigenvalue weighted by Gasteiger charge is -2.00. The number of hydrogen-bond donors (Lipinski definition) is 2. The summed E-state index contributed by atoms with van der Waals surface area (Å²) in [6.07, 6.45) is 0. The van der Waals surface area contributed by atoms with Crippen molar-refractivity contribution in [2.24, 2.45) is 0 Å². The Bertz CT molecular complexity index is 443. The number of nitrogens with one attached hydrogen (secondary N) is 1. The van der Waals surface area contributed by atoms with Crippen LogP contribution in [0.3, 0.4) is 0 Å². The van der Waals surface area contributed by atoms with Gasteiger partial charge in [0.1, 0.15) is 5.82 Å². The molecule has 0 amide bonds. The van der Waals surface area contributed by atoms with Crippen LogP contribution in [0, 0.1) is 0 Å². The van der Waals surface area contributed by atoms with Crippen LogP contribution in [0.25, 0.3) is 11.4 Å². The van der Waals surface area contributed by atoms with Gasteiger partial charge in [-0.25, -0.2) is 4.98 Å². The molecule has 0 atom stereocenters. The molecule has 2 aromatic heterocycles. The summed E-state index contributed by atoms with van der Waals surface area (Å²) < 4.78 is 5.01. The minimum Gasteiger partial charge on any atom is -0.481 e. The largest absolute Gasteiger partial charge is 0.481 e. The van der Waals surface area contributed by atoms with Crippen molar-refractivity contribution in [1.29, 1.82) is 0 Å². The summed E-state index contributed by atoms with van der Waals surface area (Å²) in [5.41, 5.74) is 7.02. The van der Waals surface area contributed by atoms with Gasteiger partial charge in [-0.1, -0.05) is 6.07 Å². The van der Waals surface area contributed by atoms with E-state index in [-0.39, 0.29) is 12.4 Å². The topological polar surface area (TPSA) is 76.8 Å². The van der Waals surface area contributed by atoms with E-state index in [2.05, 4.69) is 15.2 Å². The molecule has 0 saturated heterocycles.